The number of carbonyl (C=O) groups is 1. The van der Waals surface area contributed by atoms with E-state index in [1.165, 1.54) is 19.3 Å². The number of hydrogen-bond acceptors (Lipinski definition) is 2. The average Bonchev–Trinajstić information content (AvgIpc) is 2.49. The van der Waals surface area contributed by atoms with Crippen molar-refractivity contribution >= 4 is 21.8 Å². The zero-order valence-electron chi connectivity index (χ0n) is 11.6. The van der Waals surface area contributed by atoms with Crippen molar-refractivity contribution in [1.82, 2.24) is 10.2 Å². The predicted octanol–water partition coefficient (Wildman–Crippen LogP) is 2.73. The van der Waals surface area contributed by atoms with Gasteiger partial charge in [0.2, 0.25) is 5.91 Å². The first-order valence-electron chi connectivity index (χ1n) is 7.51. The Bertz CT molecular complexity index is 472. The fourth-order valence-corrected chi connectivity index (χ4v) is 3.71. The van der Waals surface area contributed by atoms with E-state index in [1.807, 2.05) is 24.3 Å². The molecule has 1 heterocycles. The molecule has 2 aliphatic rings. The Hall–Kier alpha value is -0.870. The molecule has 2 fully saturated rings. The first-order chi connectivity index (χ1) is 9.74. The highest BCUT2D eigenvalue weighted by molar-refractivity contribution is 9.10. The molecule has 1 aromatic carbocycles. The molecule has 3 nitrogen and oxygen atoms in total. The third-order valence-electron chi connectivity index (χ3n) is 4.48. The Kier molecular flexibility index (Phi) is 4.41. The maximum atomic E-state index is 12.6. The lowest BCUT2D eigenvalue weighted by Crippen LogP contribution is -2.60. The van der Waals surface area contributed by atoms with Crippen molar-refractivity contribution < 1.29 is 4.79 Å². The van der Waals surface area contributed by atoms with E-state index in [4.69, 9.17) is 0 Å². The Morgan fingerprint density at radius 2 is 2.00 bits per heavy atom. The second kappa shape index (κ2) is 6.27. The van der Waals surface area contributed by atoms with E-state index in [0.717, 1.165) is 29.5 Å². The Morgan fingerprint density at radius 1 is 1.25 bits per heavy atom. The van der Waals surface area contributed by atoms with Gasteiger partial charge in [-0.1, -0.05) is 40.9 Å². The smallest absolute Gasteiger partial charge is 0.227 e. The highest BCUT2D eigenvalue weighted by Gasteiger charge is 2.35. The molecule has 4 heteroatoms. The van der Waals surface area contributed by atoms with Gasteiger partial charge in [0.1, 0.15) is 0 Å². The normalized spacial score (nSPS) is 26.1. The molecular weight excluding hydrogens is 316 g/mol. The van der Waals surface area contributed by atoms with Crippen molar-refractivity contribution in [2.24, 2.45) is 0 Å². The van der Waals surface area contributed by atoms with Gasteiger partial charge in [-0.25, -0.2) is 0 Å². The first kappa shape index (κ1) is 14.1. The highest BCUT2D eigenvalue weighted by Crippen LogP contribution is 2.26. The maximum Gasteiger partial charge on any atom is 0.227 e. The van der Waals surface area contributed by atoms with Crippen molar-refractivity contribution in [2.45, 2.75) is 44.2 Å². The van der Waals surface area contributed by atoms with Crippen LogP contribution in [0.15, 0.2) is 28.7 Å². The van der Waals surface area contributed by atoms with E-state index < -0.39 is 0 Å². The lowest BCUT2D eigenvalue weighted by Gasteiger charge is -2.44. The molecule has 1 aliphatic carbocycles. The van der Waals surface area contributed by atoms with Gasteiger partial charge >= 0.3 is 0 Å². The number of piperazine rings is 1. The van der Waals surface area contributed by atoms with Gasteiger partial charge in [-0.2, -0.15) is 0 Å². The lowest BCUT2D eigenvalue weighted by atomic mass is 9.87. The van der Waals surface area contributed by atoms with Crippen LogP contribution in [0, 0.1) is 0 Å². The van der Waals surface area contributed by atoms with Gasteiger partial charge in [0.25, 0.3) is 0 Å². The molecule has 0 spiro atoms. The van der Waals surface area contributed by atoms with E-state index in [9.17, 15) is 4.79 Å². The summed E-state index contributed by atoms with van der Waals surface area (Å²) in [5, 5.41) is 3.58. The highest BCUT2D eigenvalue weighted by atomic mass is 79.9. The van der Waals surface area contributed by atoms with Crippen LogP contribution in [0.5, 0.6) is 0 Å². The molecule has 1 aromatic rings. The summed E-state index contributed by atoms with van der Waals surface area (Å²) >= 11 is 3.43. The summed E-state index contributed by atoms with van der Waals surface area (Å²) in [7, 11) is 0. The Labute approximate surface area is 128 Å². The van der Waals surface area contributed by atoms with Gasteiger partial charge < -0.3 is 10.2 Å². The molecule has 0 bridgehead atoms. The summed E-state index contributed by atoms with van der Waals surface area (Å²) in [5.41, 5.74) is 1.10. The fourth-order valence-electron chi connectivity index (χ4n) is 3.45. The Balaban J connectivity index is 1.67. The van der Waals surface area contributed by atoms with Crippen LogP contribution < -0.4 is 5.32 Å². The monoisotopic (exact) mass is 336 g/mol. The number of fused-ring (bicyclic) bond motifs is 1. The van der Waals surface area contributed by atoms with Crippen LogP contribution in [0.25, 0.3) is 0 Å². The van der Waals surface area contributed by atoms with Gasteiger partial charge in [0, 0.05) is 29.6 Å². The number of halogens is 1. The van der Waals surface area contributed by atoms with Gasteiger partial charge in [-0.15, -0.1) is 0 Å². The first-order valence-corrected chi connectivity index (χ1v) is 8.30. The van der Waals surface area contributed by atoms with Gasteiger partial charge in [-0.3, -0.25) is 4.79 Å². The molecule has 1 amide bonds. The molecule has 1 aliphatic heterocycles. The van der Waals surface area contributed by atoms with Gasteiger partial charge in [0.15, 0.2) is 0 Å². The lowest BCUT2D eigenvalue weighted by molar-refractivity contribution is -0.135. The summed E-state index contributed by atoms with van der Waals surface area (Å²) < 4.78 is 1.06. The standard InChI is InChI=1S/C16H21BrN2O/c17-13-7-5-12(6-8-13)11-16(20)19-10-9-18-14-3-1-2-4-15(14)19/h5-8,14-15,18H,1-4,9-11H2. The summed E-state index contributed by atoms with van der Waals surface area (Å²) in [4.78, 5) is 14.7. The molecular formula is C16H21BrN2O. The van der Waals surface area contributed by atoms with Crippen LogP contribution in [-0.4, -0.2) is 36.0 Å². The molecule has 2 unspecified atom stereocenters. The summed E-state index contributed by atoms with van der Waals surface area (Å²) in [5.74, 6) is 0.283. The molecule has 2 atom stereocenters. The molecule has 1 saturated carbocycles. The number of carbonyl (C=O) groups excluding carboxylic acids is 1. The Morgan fingerprint density at radius 3 is 2.80 bits per heavy atom. The largest absolute Gasteiger partial charge is 0.337 e. The topological polar surface area (TPSA) is 32.3 Å². The van der Waals surface area contributed by atoms with Crippen molar-refractivity contribution in [1.29, 1.82) is 0 Å². The van der Waals surface area contributed by atoms with Crippen LogP contribution in [-0.2, 0) is 11.2 Å². The average molecular weight is 337 g/mol. The molecule has 108 valence electrons. The zero-order valence-corrected chi connectivity index (χ0v) is 13.2. The van der Waals surface area contributed by atoms with Gasteiger partial charge in [0.05, 0.1) is 6.42 Å². The minimum absolute atomic E-state index is 0.283. The number of amides is 1. The number of nitrogens with zero attached hydrogens (tertiary/aromatic N) is 1. The number of benzene rings is 1. The quantitative estimate of drug-likeness (QED) is 0.900. The summed E-state index contributed by atoms with van der Waals surface area (Å²) in [6.07, 6.45) is 5.45. The van der Waals surface area contributed by atoms with Crippen molar-refractivity contribution in [3.63, 3.8) is 0 Å². The number of rotatable bonds is 2. The number of nitrogens with one attached hydrogen (secondary N) is 1. The zero-order chi connectivity index (χ0) is 13.9. The molecule has 1 saturated heterocycles. The third-order valence-corrected chi connectivity index (χ3v) is 5.01. The molecule has 20 heavy (non-hydrogen) atoms. The summed E-state index contributed by atoms with van der Waals surface area (Å²) in [6, 6.07) is 9.00. The van der Waals surface area contributed by atoms with E-state index in [-0.39, 0.29) is 5.91 Å². The second-order valence-electron chi connectivity index (χ2n) is 5.80. The van der Waals surface area contributed by atoms with Crippen LogP contribution in [0.3, 0.4) is 0 Å². The van der Waals surface area contributed by atoms with Crippen LogP contribution in [0.2, 0.25) is 0 Å². The van der Waals surface area contributed by atoms with Crippen molar-refractivity contribution in [3.8, 4) is 0 Å². The van der Waals surface area contributed by atoms with E-state index in [2.05, 4.69) is 26.1 Å². The van der Waals surface area contributed by atoms with E-state index in [0.29, 0.717) is 18.5 Å². The van der Waals surface area contributed by atoms with Crippen molar-refractivity contribution in [2.75, 3.05) is 13.1 Å². The van der Waals surface area contributed by atoms with E-state index >= 15 is 0 Å². The minimum atomic E-state index is 0.283. The van der Waals surface area contributed by atoms with Gasteiger partial charge in [-0.05, 0) is 30.5 Å². The maximum absolute atomic E-state index is 12.6. The SMILES string of the molecule is O=C(Cc1ccc(Br)cc1)N1CCNC2CCCCC21. The molecule has 0 radical (unpaired) electrons. The van der Waals surface area contributed by atoms with Crippen LogP contribution in [0.1, 0.15) is 31.2 Å². The number of hydrogen-bond donors (Lipinski definition) is 1. The van der Waals surface area contributed by atoms with Crippen LogP contribution in [0.4, 0.5) is 0 Å². The minimum Gasteiger partial charge on any atom is -0.337 e. The summed E-state index contributed by atoms with van der Waals surface area (Å²) in [6.45, 7) is 1.80. The molecule has 1 N–H and O–H groups in total. The molecule has 0 aromatic heterocycles. The van der Waals surface area contributed by atoms with Crippen molar-refractivity contribution in [3.05, 3.63) is 34.3 Å². The fraction of sp³-hybridized carbons (Fsp3) is 0.562. The predicted molar refractivity (Wildman–Crippen MR) is 83.6 cm³/mol. The molecule has 3 rings (SSSR count). The van der Waals surface area contributed by atoms with E-state index in [1.54, 1.807) is 0 Å². The van der Waals surface area contributed by atoms with Crippen LogP contribution >= 0.6 is 15.9 Å². The second-order valence-corrected chi connectivity index (χ2v) is 6.72. The third kappa shape index (κ3) is 3.07.